The van der Waals surface area contributed by atoms with Crippen molar-refractivity contribution in [2.75, 3.05) is 33.8 Å². The van der Waals surface area contributed by atoms with Crippen LogP contribution >= 0.6 is 24.0 Å². The predicted octanol–water partition coefficient (Wildman–Crippen LogP) is 2.91. The second-order valence-electron chi connectivity index (χ2n) is 6.69. The minimum Gasteiger partial charge on any atom is -0.469 e. The summed E-state index contributed by atoms with van der Waals surface area (Å²) in [5, 5.41) is 6.60. The van der Waals surface area contributed by atoms with Gasteiger partial charge in [-0.25, -0.2) is 0 Å². The Bertz CT molecular complexity index is 572. The molecule has 1 aromatic rings. The van der Waals surface area contributed by atoms with Crippen LogP contribution in [0, 0.1) is 0 Å². The van der Waals surface area contributed by atoms with Crippen molar-refractivity contribution in [3.8, 4) is 0 Å². The second-order valence-corrected chi connectivity index (χ2v) is 6.69. The zero-order valence-electron chi connectivity index (χ0n) is 16.5. The van der Waals surface area contributed by atoms with E-state index in [1.807, 2.05) is 0 Å². The minimum absolute atomic E-state index is 0. The maximum absolute atomic E-state index is 11.1. The molecule has 0 radical (unpaired) electrons. The largest absolute Gasteiger partial charge is 0.469 e. The molecule has 7 heteroatoms. The number of benzene rings is 1. The zero-order valence-corrected chi connectivity index (χ0v) is 18.8. The highest BCUT2D eigenvalue weighted by atomic mass is 127. The third kappa shape index (κ3) is 9.41. The van der Waals surface area contributed by atoms with Crippen LogP contribution in [0.2, 0.25) is 0 Å². The number of hydrogen-bond acceptors (Lipinski definition) is 4. The van der Waals surface area contributed by atoms with Crippen molar-refractivity contribution >= 4 is 35.9 Å². The molecule has 2 rings (SSSR count). The first-order chi connectivity index (χ1) is 12.7. The fourth-order valence-corrected chi connectivity index (χ4v) is 3.07. The molecule has 0 amide bonds. The first kappa shape index (κ1) is 23.7. The number of aliphatic imine (C=N–C) groups is 1. The van der Waals surface area contributed by atoms with Crippen molar-refractivity contribution in [1.29, 1.82) is 0 Å². The van der Waals surface area contributed by atoms with E-state index in [0.717, 1.165) is 38.4 Å². The molecule has 0 atom stereocenters. The van der Waals surface area contributed by atoms with Gasteiger partial charge in [0.1, 0.15) is 0 Å². The molecule has 1 aliphatic heterocycles. The number of ether oxygens (including phenoxy) is 1. The lowest BCUT2D eigenvalue weighted by molar-refractivity contribution is -0.140. The number of carbonyl (C=O) groups excluding carboxylic acids is 1. The van der Waals surface area contributed by atoms with Crippen LogP contribution in [0.25, 0.3) is 0 Å². The molecule has 0 unspecified atom stereocenters. The highest BCUT2D eigenvalue weighted by molar-refractivity contribution is 14.0. The van der Waals surface area contributed by atoms with Crippen LogP contribution in [0.4, 0.5) is 0 Å². The van der Waals surface area contributed by atoms with E-state index in [-0.39, 0.29) is 29.9 Å². The Hall–Kier alpha value is -1.35. The monoisotopic (exact) mass is 488 g/mol. The molecule has 152 valence electrons. The summed E-state index contributed by atoms with van der Waals surface area (Å²) < 4.78 is 4.63. The van der Waals surface area contributed by atoms with Crippen molar-refractivity contribution < 1.29 is 9.53 Å². The molecule has 0 aromatic heterocycles. The number of carbonyl (C=O) groups is 1. The SMILES string of the molecule is CN=C(NCCCCC(=O)OC)NCc1ccc(CN2CCCC2)cc1.I. The Labute approximate surface area is 180 Å². The molecular weight excluding hydrogens is 455 g/mol. The third-order valence-corrected chi connectivity index (χ3v) is 4.64. The average molecular weight is 488 g/mol. The van der Waals surface area contributed by atoms with Gasteiger partial charge in [-0.3, -0.25) is 14.7 Å². The number of rotatable bonds is 9. The second kappa shape index (κ2) is 13.8. The van der Waals surface area contributed by atoms with Crippen molar-refractivity contribution in [2.24, 2.45) is 4.99 Å². The average Bonchev–Trinajstić information content (AvgIpc) is 3.18. The number of likely N-dealkylation sites (tertiary alicyclic amines) is 1. The van der Waals surface area contributed by atoms with E-state index in [2.05, 4.69) is 49.5 Å². The lowest BCUT2D eigenvalue weighted by atomic mass is 10.1. The van der Waals surface area contributed by atoms with Gasteiger partial charge in [0.2, 0.25) is 0 Å². The first-order valence-electron chi connectivity index (χ1n) is 9.53. The van der Waals surface area contributed by atoms with E-state index in [4.69, 9.17) is 0 Å². The summed E-state index contributed by atoms with van der Waals surface area (Å²) in [5.41, 5.74) is 2.62. The number of nitrogens with zero attached hydrogens (tertiary/aromatic N) is 2. The molecule has 0 aliphatic carbocycles. The van der Waals surface area contributed by atoms with Crippen molar-refractivity contribution in [2.45, 2.75) is 45.2 Å². The van der Waals surface area contributed by atoms with Gasteiger partial charge in [-0.1, -0.05) is 24.3 Å². The van der Waals surface area contributed by atoms with E-state index in [0.29, 0.717) is 6.42 Å². The van der Waals surface area contributed by atoms with Crippen LogP contribution in [0.1, 0.15) is 43.2 Å². The Morgan fingerprint density at radius 3 is 2.41 bits per heavy atom. The Morgan fingerprint density at radius 1 is 1.11 bits per heavy atom. The van der Waals surface area contributed by atoms with Crippen LogP contribution in [0.15, 0.2) is 29.3 Å². The number of hydrogen-bond donors (Lipinski definition) is 2. The number of halogens is 1. The quantitative estimate of drug-likeness (QED) is 0.184. The van der Waals surface area contributed by atoms with E-state index < -0.39 is 0 Å². The first-order valence-corrected chi connectivity index (χ1v) is 9.53. The summed E-state index contributed by atoms with van der Waals surface area (Å²) in [6.45, 7) is 5.04. The Kier molecular flexibility index (Phi) is 12.1. The molecule has 0 bridgehead atoms. The number of guanidine groups is 1. The smallest absolute Gasteiger partial charge is 0.305 e. The fraction of sp³-hybridized carbons (Fsp3) is 0.600. The van der Waals surface area contributed by atoms with E-state index in [9.17, 15) is 4.79 Å². The van der Waals surface area contributed by atoms with E-state index in [1.54, 1.807) is 7.05 Å². The summed E-state index contributed by atoms with van der Waals surface area (Å²) in [5.74, 6) is 0.630. The topological polar surface area (TPSA) is 66.0 Å². The van der Waals surface area contributed by atoms with Crippen molar-refractivity contribution in [3.63, 3.8) is 0 Å². The van der Waals surface area contributed by atoms with Gasteiger partial charge in [-0.15, -0.1) is 24.0 Å². The molecule has 1 aliphatic rings. The highest BCUT2D eigenvalue weighted by Crippen LogP contribution is 2.13. The standard InChI is InChI=1S/C20H32N4O2.HI/c1-21-20(22-12-4-3-7-19(25)26-2)23-15-17-8-10-18(11-9-17)16-24-13-5-6-14-24;/h8-11H,3-7,12-16H2,1-2H3,(H2,21,22,23);1H. The van der Waals surface area contributed by atoms with Crippen LogP contribution in [0.5, 0.6) is 0 Å². The van der Waals surface area contributed by atoms with Crippen LogP contribution < -0.4 is 10.6 Å². The van der Waals surface area contributed by atoms with Gasteiger partial charge in [0, 0.05) is 33.1 Å². The van der Waals surface area contributed by atoms with Gasteiger partial charge in [0.25, 0.3) is 0 Å². The lowest BCUT2D eigenvalue weighted by Gasteiger charge is -2.15. The summed E-state index contributed by atoms with van der Waals surface area (Å²) in [6, 6.07) is 8.81. The maximum Gasteiger partial charge on any atom is 0.305 e. The summed E-state index contributed by atoms with van der Waals surface area (Å²) in [4.78, 5) is 17.8. The van der Waals surface area contributed by atoms with Gasteiger partial charge in [0.15, 0.2) is 5.96 Å². The van der Waals surface area contributed by atoms with Gasteiger partial charge in [-0.2, -0.15) is 0 Å². The van der Waals surface area contributed by atoms with Gasteiger partial charge >= 0.3 is 5.97 Å². The van der Waals surface area contributed by atoms with E-state index in [1.165, 1.54) is 44.2 Å². The molecule has 0 spiro atoms. The molecule has 1 aromatic carbocycles. The number of methoxy groups -OCH3 is 1. The van der Waals surface area contributed by atoms with Crippen molar-refractivity contribution in [1.82, 2.24) is 15.5 Å². The molecule has 2 N–H and O–H groups in total. The summed E-state index contributed by atoms with van der Waals surface area (Å²) in [7, 11) is 3.19. The Morgan fingerprint density at radius 2 is 1.78 bits per heavy atom. The summed E-state index contributed by atoms with van der Waals surface area (Å²) in [6.07, 6.45) is 4.85. The van der Waals surface area contributed by atoms with Crippen LogP contribution in [0.3, 0.4) is 0 Å². The van der Waals surface area contributed by atoms with Gasteiger partial charge in [-0.05, 0) is 49.9 Å². The molecular formula is C20H33IN4O2. The number of unbranched alkanes of at least 4 members (excludes halogenated alkanes) is 1. The minimum atomic E-state index is -0.152. The third-order valence-electron chi connectivity index (χ3n) is 4.64. The van der Waals surface area contributed by atoms with Gasteiger partial charge < -0.3 is 15.4 Å². The normalized spacial score (nSPS) is 14.5. The molecule has 1 heterocycles. The molecule has 0 saturated carbocycles. The maximum atomic E-state index is 11.1. The molecule has 27 heavy (non-hydrogen) atoms. The summed E-state index contributed by atoms with van der Waals surface area (Å²) >= 11 is 0. The molecule has 1 fully saturated rings. The van der Waals surface area contributed by atoms with Crippen molar-refractivity contribution in [3.05, 3.63) is 35.4 Å². The fourth-order valence-electron chi connectivity index (χ4n) is 3.07. The zero-order chi connectivity index (χ0) is 18.6. The number of nitrogens with one attached hydrogen (secondary N) is 2. The van der Waals surface area contributed by atoms with Crippen LogP contribution in [-0.2, 0) is 22.6 Å². The number of esters is 1. The van der Waals surface area contributed by atoms with Gasteiger partial charge in [0.05, 0.1) is 7.11 Å². The Balaban J connectivity index is 0.00000364. The lowest BCUT2D eigenvalue weighted by Crippen LogP contribution is -2.37. The highest BCUT2D eigenvalue weighted by Gasteiger charge is 2.11. The van der Waals surface area contributed by atoms with Crippen LogP contribution in [-0.4, -0.2) is 50.6 Å². The van der Waals surface area contributed by atoms with E-state index >= 15 is 0 Å². The molecule has 6 nitrogen and oxygen atoms in total. The molecule has 1 saturated heterocycles. The predicted molar refractivity (Wildman–Crippen MR) is 120 cm³/mol.